The Balaban J connectivity index is 2.99. The van der Waals surface area contributed by atoms with Crippen molar-refractivity contribution in [2.45, 2.75) is 20.8 Å². The lowest BCUT2D eigenvalue weighted by molar-refractivity contribution is 0.522. The van der Waals surface area contributed by atoms with Gasteiger partial charge in [0, 0.05) is 5.57 Å². The molecule has 0 saturated carbocycles. The van der Waals surface area contributed by atoms with Crippen LogP contribution in [0.25, 0.3) is 5.57 Å². The van der Waals surface area contributed by atoms with Gasteiger partial charge in [0.2, 0.25) is 0 Å². The third-order valence-corrected chi connectivity index (χ3v) is 1.84. The highest BCUT2D eigenvalue weighted by molar-refractivity contribution is 5.71. The number of hydrogen-bond donors (Lipinski definition) is 0. The Bertz CT molecular complexity index is 364. The van der Waals surface area contributed by atoms with E-state index in [1.54, 1.807) is 0 Å². The molecule has 74 valence electrons. The van der Waals surface area contributed by atoms with Gasteiger partial charge in [-0.1, -0.05) is 30.4 Å². The first-order chi connectivity index (χ1) is 6.77. The van der Waals surface area contributed by atoms with Gasteiger partial charge in [-0.25, -0.2) is 0 Å². The van der Waals surface area contributed by atoms with E-state index >= 15 is 0 Å². The van der Waals surface area contributed by atoms with Crippen molar-refractivity contribution in [1.82, 2.24) is 0 Å². The molecule has 1 rings (SSSR count). The minimum atomic E-state index is 0.915. The average molecular weight is 188 g/mol. The molecule has 0 aliphatic carbocycles. The van der Waals surface area contributed by atoms with Crippen molar-refractivity contribution in [2.75, 3.05) is 0 Å². The van der Waals surface area contributed by atoms with Crippen LogP contribution in [0.1, 0.15) is 25.4 Å². The van der Waals surface area contributed by atoms with Crippen LogP contribution in [-0.4, -0.2) is 0 Å². The molecule has 0 radical (unpaired) electrons. The van der Waals surface area contributed by atoms with Crippen LogP contribution < -0.4 is 0 Å². The Kier molecular flexibility index (Phi) is 3.99. The van der Waals surface area contributed by atoms with E-state index in [-0.39, 0.29) is 0 Å². The molecule has 0 saturated heterocycles. The lowest BCUT2D eigenvalue weighted by atomic mass is 10.1. The number of rotatable bonds is 3. The summed E-state index contributed by atoms with van der Waals surface area (Å²) in [6.07, 6.45) is 10.1. The maximum absolute atomic E-state index is 5.54. The van der Waals surface area contributed by atoms with Gasteiger partial charge in [0.1, 0.15) is 11.5 Å². The van der Waals surface area contributed by atoms with Crippen LogP contribution in [0.5, 0.6) is 0 Å². The molecule has 0 aromatic carbocycles. The Morgan fingerprint density at radius 2 is 2.00 bits per heavy atom. The highest BCUT2D eigenvalue weighted by Crippen LogP contribution is 2.18. The third kappa shape index (κ3) is 2.77. The maximum atomic E-state index is 5.54. The van der Waals surface area contributed by atoms with Gasteiger partial charge in [-0.15, -0.1) is 0 Å². The van der Waals surface area contributed by atoms with E-state index in [1.807, 2.05) is 63.3 Å². The minimum absolute atomic E-state index is 0.915. The Labute approximate surface area is 85.4 Å². The summed E-state index contributed by atoms with van der Waals surface area (Å²) in [5.74, 6) is 1.86. The zero-order valence-electron chi connectivity index (χ0n) is 8.95. The Morgan fingerprint density at radius 3 is 2.50 bits per heavy atom. The Morgan fingerprint density at radius 1 is 1.21 bits per heavy atom. The van der Waals surface area contributed by atoms with Crippen LogP contribution in [0, 0.1) is 6.92 Å². The van der Waals surface area contributed by atoms with Gasteiger partial charge < -0.3 is 4.42 Å². The lowest BCUT2D eigenvalue weighted by Crippen LogP contribution is -1.74. The summed E-state index contributed by atoms with van der Waals surface area (Å²) in [6.45, 7) is 5.95. The van der Waals surface area contributed by atoms with Crippen molar-refractivity contribution in [3.63, 3.8) is 0 Å². The standard InChI is InChI=1S/C13H16O/c1-4-6-8-12(7-5-2)13-10-9-11(3)14-13/h4-10H,1-3H3/b6-4-,7-5-,12-8+. The minimum Gasteiger partial charge on any atom is -0.461 e. The molecule has 0 spiro atoms. The second-order valence-electron chi connectivity index (χ2n) is 3.06. The zero-order valence-corrected chi connectivity index (χ0v) is 8.95. The summed E-state index contributed by atoms with van der Waals surface area (Å²) >= 11 is 0. The topological polar surface area (TPSA) is 13.1 Å². The third-order valence-electron chi connectivity index (χ3n) is 1.84. The van der Waals surface area contributed by atoms with Gasteiger partial charge in [0.05, 0.1) is 0 Å². The van der Waals surface area contributed by atoms with Gasteiger partial charge in [0.15, 0.2) is 0 Å². The summed E-state index contributed by atoms with van der Waals surface area (Å²) in [7, 11) is 0. The van der Waals surface area contributed by atoms with Crippen molar-refractivity contribution in [3.05, 3.63) is 54.0 Å². The van der Waals surface area contributed by atoms with E-state index in [0.29, 0.717) is 0 Å². The molecule has 0 bridgehead atoms. The van der Waals surface area contributed by atoms with Gasteiger partial charge in [-0.2, -0.15) is 0 Å². The molecule has 0 atom stereocenters. The highest BCUT2D eigenvalue weighted by Gasteiger charge is 2.00. The van der Waals surface area contributed by atoms with Crippen LogP contribution in [0.2, 0.25) is 0 Å². The van der Waals surface area contributed by atoms with Gasteiger partial charge in [-0.3, -0.25) is 0 Å². The second kappa shape index (κ2) is 5.28. The number of furan rings is 1. The molecule has 0 aliphatic rings. The average Bonchev–Trinajstić information content (AvgIpc) is 2.59. The highest BCUT2D eigenvalue weighted by atomic mass is 16.3. The van der Waals surface area contributed by atoms with Crippen molar-refractivity contribution < 1.29 is 4.42 Å². The van der Waals surface area contributed by atoms with E-state index in [0.717, 1.165) is 17.1 Å². The van der Waals surface area contributed by atoms with Crippen LogP contribution in [0.15, 0.2) is 46.9 Å². The monoisotopic (exact) mass is 188 g/mol. The smallest absolute Gasteiger partial charge is 0.134 e. The maximum Gasteiger partial charge on any atom is 0.134 e. The zero-order chi connectivity index (χ0) is 10.4. The van der Waals surface area contributed by atoms with E-state index < -0.39 is 0 Å². The molecule has 0 N–H and O–H groups in total. The van der Waals surface area contributed by atoms with Gasteiger partial charge in [-0.05, 0) is 32.9 Å². The molecule has 1 aromatic rings. The molecule has 1 heteroatoms. The van der Waals surface area contributed by atoms with Crippen molar-refractivity contribution in [3.8, 4) is 0 Å². The van der Waals surface area contributed by atoms with E-state index in [2.05, 4.69) is 0 Å². The van der Waals surface area contributed by atoms with Crippen LogP contribution in [-0.2, 0) is 0 Å². The van der Waals surface area contributed by atoms with Crippen molar-refractivity contribution >= 4 is 5.57 Å². The summed E-state index contributed by atoms with van der Waals surface area (Å²) in [6, 6.07) is 3.97. The first-order valence-corrected chi connectivity index (χ1v) is 4.80. The SMILES string of the molecule is C\C=C/C=C(\C=C/C)c1ccc(C)o1. The molecule has 0 amide bonds. The number of hydrogen-bond acceptors (Lipinski definition) is 1. The molecule has 0 fully saturated rings. The largest absolute Gasteiger partial charge is 0.461 e. The molecule has 0 aliphatic heterocycles. The molecular formula is C13H16O. The van der Waals surface area contributed by atoms with Crippen LogP contribution >= 0.6 is 0 Å². The number of aryl methyl sites for hydroxylation is 1. The van der Waals surface area contributed by atoms with Crippen LogP contribution in [0.3, 0.4) is 0 Å². The van der Waals surface area contributed by atoms with Crippen molar-refractivity contribution in [2.24, 2.45) is 0 Å². The molecule has 14 heavy (non-hydrogen) atoms. The normalized spacial score (nSPS) is 13.2. The summed E-state index contributed by atoms with van der Waals surface area (Å²) in [5, 5.41) is 0. The molecule has 1 heterocycles. The van der Waals surface area contributed by atoms with Gasteiger partial charge in [0.25, 0.3) is 0 Å². The summed E-state index contributed by atoms with van der Waals surface area (Å²) < 4.78 is 5.54. The number of allylic oxidation sites excluding steroid dienone is 6. The fourth-order valence-corrected chi connectivity index (χ4v) is 1.19. The molecule has 1 aromatic heterocycles. The van der Waals surface area contributed by atoms with E-state index in [1.165, 1.54) is 0 Å². The first-order valence-electron chi connectivity index (χ1n) is 4.80. The summed E-state index contributed by atoms with van der Waals surface area (Å²) in [4.78, 5) is 0. The fourth-order valence-electron chi connectivity index (χ4n) is 1.19. The predicted octanol–water partition coefficient (Wildman–Crippen LogP) is 4.12. The molecule has 0 unspecified atom stereocenters. The predicted molar refractivity (Wildman–Crippen MR) is 61.1 cm³/mol. The lowest BCUT2D eigenvalue weighted by Gasteiger charge is -1.95. The van der Waals surface area contributed by atoms with E-state index in [9.17, 15) is 0 Å². The fraction of sp³-hybridized carbons (Fsp3) is 0.231. The second-order valence-corrected chi connectivity index (χ2v) is 3.06. The first kappa shape index (κ1) is 10.6. The molecule has 1 nitrogen and oxygen atoms in total. The quantitative estimate of drug-likeness (QED) is 0.650. The van der Waals surface area contributed by atoms with E-state index in [4.69, 9.17) is 4.42 Å². The summed E-state index contributed by atoms with van der Waals surface area (Å²) in [5.41, 5.74) is 1.10. The van der Waals surface area contributed by atoms with Crippen molar-refractivity contribution in [1.29, 1.82) is 0 Å². The Hall–Kier alpha value is -1.50. The van der Waals surface area contributed by atoms with Crippen LogP contribution in [0.4, 0.5) is 0 Å². The van der Waals surface area contributed by atoms with Gasteiger partial charge >= 0.3 is 0 Å². The molecular weight excluding hydrogens is 172 g/mol.